The molecule has 2 aliphatic carbocycles. The van der Waals surface area contributed by atoms with Crippen molar-refractivity contribution in [3.8, 4) is 0 Å². The van der Waals surface area contributed by atoms with Gasteiger partial charge in [0.1, 0.15) is 12.2 Å². The van der Waals surface area contributed by atoms with Gasteiger partial charge < -0.3 is 23.7 Å². The lowest BCUT2D eigenvalue weighted by Gasteiger charge is -2.45. The van der Waals surface area contributed by atoms with Crippen molar-refractivity contribution in [3.05, 3.63) is 35.3 Å². The molecular weight excluding hydrogens is 392 g/mol. The van der Waals surface area contributed by atoms with E-state index in [1.54, 1.807) is 19.9 Å². The number of hydrogen-bond acceptors (Lipinski definition) is 8. The van der Waals surface area contributed by atoms with E-state index in [2.05, 4.69) is 0 Å². The Balaban J connectivity index is 1.93. The zero-order chi connectivity index (χ0) is 21.8. The van der Waals surface area contributed by atoms with Crippen molar-refractivity contribution in [3.63, 3.8) is 0 Å². The van der Waals surface area contributed by atoms with Crippen LogP contribution in [0.1, 0.15) is 45.3 Å². The molecule has 1 aliphatic heterocycles. The van der Waals surface area contributed by atoms with Crippen LogP contribution in [-0.2, 0) is 28.6 Å². The molecule has 0 radical (unpaired) electrons. The van der Waals surface area contributed by atoms with Crippen LogP contribution in [0.3, 0.4) is 0 Å². The first-order valence-corrected chi connectivity index (χ1v) is 10.1. The summed E-state index contributed by atoms with van der Waals surface area (Å²) in [5, 5.41) is 11.0. The van der Waals surface area contributed by atoms with Crippen LogP contribution in [0, 0.1) is 23.2 Å². The molecule has 1 aromatic rings. The van der Waals surface area contributed by atoms with Gasteiger partial charge in [0, 0.05) is 29.9 Å². The number of aliphatic hydroxyl groups excluding tert-OH is 1. The highest BCUT2D eigenvalue weighted by Gasteiger charge is 2.66. The number of esters is 3. The third-order valence-corrected chi connectivity index (χ3v) is 7.05. The third-order valence-electron chi connectivity index (χ3n) is 7.05. The van der Waals surface area contributed by atoms with Crippen molar-refractivity contribution in [2.45, 2.75) is 51.9 Å². The fourth-order valence-corrected chi connectivity index (χ4v) is 5.77. The van der Waals surface area contributed by atoms with Gasteiger partial charge in [0.2, 0.25) is 0 Å². The van der Waals surface area contributed by atoms with E-state index in [1.807, 2.05) is 0 Å². The summed E-state index contributed by atoms with van der Waals surface area (Å²) < 4.78 is 21.8. The first kappa shape index (κ1) is 20.7. The minimum Gasteiger partial charge on any atom is -0.472 e. The Hall–Kier alpha value is -2.61. The summed E-state index contributed by atoms with van der Waals surface area (Å²) in [7, 11) is 1.32. The molecule has 0 bridgehead atoms. The van der Waals surface area contributed by atoms with Crippen molar-refractivity contribution < 1.29 is 38.1 Å². The first-order chi connectivity index (χ1) is 14.2. The highest BCUT2D eigenvalue weighted by Crippen LogP contribution is 2.62. The van der Waals surface area contributed by atoms with E-state index in [0.717, 1.165) is 0 Å². The van der Waals surface area contributed by atoms with Crippen molar-refractivity contribution in [1.29, 1.82) is 0 Å². The second-order valence-corrected chi connectivity index (χ2v) is 8.63. The summed E-state index contributed by atoms with van der Waals surface area (Å²) in [6.45, 7) is 4.74. The number of carbonyl (C=O) groups excluding carboxylic acids is 3. The van der Waals surface area contributed by atoms with Crippen LogP contribution < -0.4 is 0 Å². The molecule has 1 aromatic heterocycles. The Kier molecular flexibility index (Phi) is 5.00. The van der Waals surface area contributed by atoms with E-state index in [9.17, 15) is 19.5 Å². The number of aliphatic hydroxyl groups is 1. The largest absolute Gasteiger partial charge is 0.472 e. The quantitative estimate of drug-likeness (QED) is 0.588. The second kappa shape index (κ2) is 7.27. The van der Waals surface area contributed by atoms with Gasteiger partial charge in [-0.3, -0.25) is 9.59 Å². The summed E-state index contributed by atoms with van der Waals surface area (Å²) >= 11 is 0. The lowest BCUT2D eigenvalue weighted by atomic mass is 9.61. The van der Waals surface area contributed by atoms with E-state index < -0.39 is 59.4 Å². The number of hydrogen-bond donors (Lipinski definition) is 1. The number of fused-ring (bicyclic) bond motifs is 3. The molecule has 0 saturated heterocycles. The molecule has 30 heavy (non-hydrogen) atoms. The monoisotopic (exact) mass is 418 g/mol. The van der Waals surface area contributed by atoms with Crippen molar-refractivity contribution >= 4 is 17.9 Å². The smallest absolute Gasteiger partial charge is 0.334 e. The van der Waals surface area contributed by atoms with Crippen LogP contribution in [0.4, 0.5) is 0 Å². The molecule has 8 nitrogen and oxygen atoms in total. The lowest BCUT2D eigenvalue weighted by molar-refractivity contribution is -0.177. The number of ether oxygens (including phenoxy) is 3. The molecule has 1 N–H and O–H groups in total. The molecular formula is C22H26O8. The molecule has 3 aliphatic rings. The van der Waals surface area contributed by atoms with Gasteiger partial charge in [-0.2, -0.15) is 0 Å². The van der Waals surface area contributed by atoms with Crippen LogP contribution in [0.15, 0.2) is 34.2 Å². The van der Waals surface area contributed by atoms with Crippen LogP contribution in [-0.4, -0.2) is 42.3 Å². The van der Waals surface area contributed by atoms with E-state index in [1.165, 1.54) is 26.6 Å². The predicted molar refractivity (Wildman–Crippen MR) is 102 cm³/mol. The standard InChI is InChI=1S/C22H26O8/c1-10-14-15-13(24)5-7-22(3,21(26)27-4)17(15)19(29-11(2)23)16(14)18(30-20(10)25)12-6-8-28-9-12/h6,8-9,13,15-19,24H,5,7H2,1-4H3/t13-,15+,16+,17-,18-,19-,22+/m1/s1. The Morgan fingerprint density at radius 2 is 2.03 bits per heavy atom. The molecule has 4 rings (SSSR count). The summed E-state index contributed by atoms with van der Waals surface area (Å²) in [4.78, 5) is 37.6. The van der Waals surface area contributed by atoms with E-state index in [0.29, 0.717) is 29.6 Å². The number of furan rings is 1. The molecule has 0 amide bonds. The summed E-state index contributed by atoms with van der Waals surface area (Å²) in [6.07, 6.45) is 1.40. The maximum Gasteiger partial charge on any atom is 0.334 e. The normalized spacial score (nSPS) is 37.8. The Labute approximate surface area is 174 Å². The third kappa shape index (κ3) is 2.88. The molecule has 7 atom stereocenters. The number of cyclic esters (lactones) is 1. The fourth-order valence-electron chi connectivity index (χ4n) is 5.77. The average molecular weight is 418 g/mol. The summed E-state index contributed by atoms with van der Waals surface area (Å²) in [5.41, 5.74) is 0.713. The molecule has 2 saturated carbocycles. The Morgan fingerprint density at radius 3 is 2.63 bits per heavy atom. The van der Waals surface area contributed by atoms with Crippen LogP contribution in [0.2, 0.25) is 0 Å². The topological polar surface area (TPSA) is 112 Å². The zero-order valence-electron chi connectivity index (χ0n) is 17.4. The fraction of sp³-hybridized carbons (Fsp3) is 0.591. The highest BCUT2D eigenvalue weighted by atomic mass is 16.6. The van der Waals surface area contributed by atoms with Crippen molar-refractivity contribution in [1.82, 2.24) is 0 Å². The van der Waals surface area contributed by atoms with Gasteiger partial charge in [0.05, 0.1) is 37.1 Å². The maximum atomic E-state index is 12.9. The number of carbonyl (C=O) groups is 3. The molecule has 0 unspecified atom stereocenters. The maximum absolute atomic E-state index is 12.9. The van der Waals surface area contributed by atoms with Crippen LogP contribution in [0.5, 0.6) is 0 Å². The van der Waals surface area contributed by atoms with E-state index in [4.69, 9.17) is 18.6 Å². The van der Waals surface area contributed by atoms with Gasteiger partial charge in [-0.05, 0) is 38.3 Å². The lowest BCUT2D eigenvalue weighted by Crippen LogP contribution is -2.51. The number of methoxy groups -OCH3 is 1. The first-order valence-electron chi connectivity index (χ1n) is 10.1. The van der Waals surface area contributed by atoms with Gasteiger partial charge in [0.25, 0.3) is 0 Å². The Bertz CT molecular complexity index is 900. The minimum atomic E-state index is -0.993. The minimum absolute atomic E-state index is 0.370. The summed E-state index contributed by atoms with van der Waals surface area (Å²) in [6, 6.07) is 1.69. The SMILES string of the molecule is COC(=O)[C@@]1(C)CC[C@@H](O)[C@H]2C3=C(C)C(=O)O[C@H](c4ccoc4)[C@H]3[C@@H](OC(C)=O)[C@@H]21. The van der Waals surface area contributed by atoms with Gasteiger partial charge >= 0.3 is 17.9 Å². The Morgan fingerprint density at radius 1 is 1.30 bits per heavy atom. The molecule has 8 heteroatoms. The van der Waals surface area contributed by atoms with Crippen molar-refractivity contribution in [2.24, 2.45) is 23.2 Å². The molecule has 2 heterocycles. The van der Waals surface area contributed by atoms with Gasteiger partial charge in [-0.25, -0.2) is 4.79 Å². The molecule has 2 fully saturated rings. The van der Waals surface area contributed by atoms with Crippen molar-refractivity contribution in [2.75, 3.05) is 7.11 Å². The van der Waals surface area contributed by atoms with Gasteiger partial charge in [0.15, 0.2) is 0 Å². The van der Waals surface area contributed by atoms with Crippen LogP contribution in [0.25, 0.3) is 0 Å². The molecule has 162 valence electrons. The van der Waals surface area contributed by atoms with Gasteiger partial charge in [-0.15, -0.1) is 0 Å². The number of rotatable bonds is 3. The second-order valence-electron chi connectivity index (χ2n) is 8.63. The highest BCUT2D eigenvalue weighted by molar-refractivity contribution is 5.90. The zero-order valence-corrected chi connectivity index (χ0v) is 17.4. The average Bonchev–Trinajstić information content (AvgIpc) is 3.34. The van der Waals surface area contributed by atoms with E-state index >= 15 is 0 Å². The summed E-state index contributed by atoms with van der Waals surface area (Å²) in [5.74, 6) is -3.04. The van der Waals surface area contributed by atoms with Crippen LogP contribution >= 0.6 is 0 Å². The predicted octanol–water partition coefficient (Wildman–Crippen LogP) is 2.32. The molecule has 0 spiro atoms. The van der Waals surface area contributed by atoms with Gasteiger partial charge in [-0.1, -0.05) is 0 Å². The molecule has 0 aromatic carbocycles. The van der Waals surface area contributed by atoms with E-state index in [-0.39, 0.29) is 0 Å².